The summed E-state index contributed by atoms with van der Waals surface area (Å²) in [5.74, 6) is -0.886. The number of benzene rings is 1. The summed E-state index contributed by atoms with van der Waals surface area (Å²) < 4.78 is 43.2. The van der Waals surface area contributed by atoms with E-state index >= 15 is 0 Å². The number of rotatable bonds is 2. The molecule has 0 saturated carbocycles. The van der Waals surface area contributed by atoms with Crippen molar-refractivity contribution in [2.24, 2.45) is 0 Å². The second-order valence-electron chi connectivity index (χ2n) is 3.55. The zero-order valence-corrected chi connectivity index (χ0v) is 10.7. The van der Waals surface area contributed by atoms with Gasteiger partial charge < -0.3 is 9.84 Å². The Morgan fingerprint density at radius 2 is 2.11 bits per heavy atom. The highest BCUT2D eigenvalue weighted by molar-refractivity contribution is 9.10. The predicted molar refractivity (Wildman–Crippen MR) is 63.6 cm³/mol. The first-order valence-corrected chi connectivity index (χ1v) is 5.74. The van der Waals surface area contributed by atoms with Crippen LogP contribution in [0.1, 0.15) is 15.9 Å². The number of hydrogen-bond donors (Lipinski definition) is 1. The number of anilines is 1. The zero-order chi connectivity index (χ0) is 14.0. The van der Waals surface area contributed by atoms with Crippen LogP contribution < -0.4 is 5.32 Å². The number of carbonyl (C=O) groups is 1. The van der Waals surface area contributed by atoms with Crippen LogP contribution in [0.5, 0.6) is 0 Å². The fourth-order valence-electron chi connectivity index (χ4n) is 1.41. The highest BCUT2D eigenvalue weighted by Crippen LogP contribution is 2.34. The second-order valence-corrected chi connectivity index (χ2v) is 4.47. The molecular formula is C11H6BrF3N2O2. The molecule has 1 N–H and O–H groups in total. The molecule has 8 heteroatoms. The van der Waals surface area contributed by atoms with Crippen LogP contribution >= 0.6 is 15.9 Å². The van der Waals surface area contributed by atoms with Gasteiger partial charge in [0.05, 0.1) is 17.3 Å². The number of halogens is 4. The first-order valence-electron chi connectivity index (χ1n) is 4.95. The number of nitrogens with zero attached hydrogens (tertiary/aromatic N) is 1. The Bertz CT molecular complexity index is 596. The van der Waals surface area contributed by atoms with Crippen LogP contribution in [0, 0.1) is 0 Å². The van der Waals surface area contributed by atoms with Gasteiger partial charge in [-0.2, -0.15) is 13.2 Å². The first-order chi connectivity index (χ1) is 8.88. The van der Waals surface area contributed by atoms with Crippen molar-refractivity contribution in [2.75, 3.05) is 5.32 Å². The number of carbonyl (C=O) groups excluding carboxylic acids is 1. The topological polar surface area (TPSA) is 55.1 Å². The number of amides is 1. The van der Waals surface area contributed by atoms with Gasteiger partial charge in [-0.25, -0.2) is 0 Å². The quantitative estimate of drug-likeness (QED) is 0.910. The molecule has 0 fully saturated rings. The Hall–Kier alpha value is -1.83. The van der Waals surface area contributed by atoms with Crippen LogP contribution in [0.2, 0.25) is 0 Å². The van der Waals surface area contributed by atoms with Crippen LogP contribution in [-0.4, -0.2) is 11.1 Å². The van der Waals surface area contributed by atoms with Crippen molar-refractivity contribution in [3.8, 4) is 0 Å². The molecule has 0 spiro atoms. The van der Waals surface area contributed by atoms with Crippen molar-refractivity contribution >= 4 is 27.5 Å². The van der Waals surface area contributed by atoms with E-state index in [0.717, 1.165) is 18.4 Å². The van der Waals surface area contributed by atoms with Crippen LogP contribution in [0.4, 0.5) is 18.9 Å². The van der Waals surface area contributed by atoms with Crippen molar-refractivity contribution < 1.29 is 22.5 Å². The van der Waals surface area contributed by atoms with Gasteiger partial charge in [-0.05, 0) is 18.2 Å². The van der Waals surface area contributed by atoms with E-state index in [1.807, 2.05) is 0 Å². The minimum absolute atomic E-state index is 0.182. The Kier molecular flexibility index (Phi) is 3.61. The maximum absolute atomic E-state index is 12.8. The molecule has 2 aromatic rings. The van der Waals surface area contributed by atoms with Crippen molar-refractivity contribution in [2.45, 2.75) is 6.18 Å². The Labute approximate surface area is 113 Å². The van der Waals surface area contributed by atoms with Gasteiger partial charge in [0.25, 0.3) is 5.91 Å². The van der Waals surface area contributed by atoms with Gasteiger partial charge in [0, 0.05) is 4.47 Å². The summed E-state index contributed by atoms with van der Waals surface area (Å²) in [6, 6.07) is 3.30. The molecule has 19 heavy (non-hydrogen) atoms. The summed E-state index contributed by atoms with van der Waals surface area (Å²) in [6.45, 7) is 0. The largest absolute Gasteiger partial charge is 0.417 e. The standard InChI is InChI=1S/C11H6BrF3N2O2/c12-6-1-2-8(9(3-6)11(13,14)15)10(18)17-7-4-16-19-5-7/h1-5H,(H,17,18). The highest BCUT2D eigenvalue weighted by Gasteiger charge is 2.35. The summed E-state index contributed by atoms with van der Waals surface area (Å²) in [7, 11) is 0. The van der Waals surface area contributed by atoms with E-state index in [1.165, 1.54) is 12.3 Å². The van der Waals surface area contributed by atoms with Crippen molar-refractivity contribution in [3.63, 3.8) is 0 Å². The van der Waals surface area contributed by atoms with Crippen molar-refractivity contribution in [1.82, 2.24) is 5.16 Å². The van der Waals surface area contributed by atoms with Crippen molar-refractivity contribution in [3.05, 3.63) is 46.3 Å². The van der Waals surface area contributed by atoms with E-state index in [2.05, 4.69) is 30.9 Å². The normalized spacial score (nSPS) is 11.4. The van der Waals surface area contributed by atoms with Gasteiger partial charge in [0.2, 0.25) is 0 Å². The summed E-state index contributed by atoms with van der Waals surface area (Å²) in [4.78, 5) is 11.8. The average molecular weight is 335 g/mol. The van der Waals surface area contributed by atoms with Crippen LogP contribution in [0.25, 0.3) is 0 Å². The van der Waals surface area contributed by atoms with Gasteiger partial charge in [-0.1, -0.05) is 21.1 Å². The SMILES string of the molecule is O=C(Nc1cnoc1)c1ccc(Br)cc1C(F)(F)F. The molecule has 0 aliphatic rings. The molecule has 4 nitrogen and oxygen atoms in total. The molecule has 0 aliphatic carbocycles. The smallest absolute Gasteiger partial charge is 0.363 e. The van der Waals surface area contributed by atoms with Gasteiger partial charge in [0.1, 0.15) is 12.0 Å². The minimum Gasteiger partial charge on any atom is -0.363 e. The molecular weight excluding hydrogens is 329 g/mol. The number of alkyl halides is 3. The maximum atomic E-state index is 12.8. The molecule has 0 saturated heterocycles. The number of aromatic nitrogens is 1. The minimum atomic E-state index is -4.62. The molecule has 0 atom stereocenters. The average Bonchev–Trinajstić information content (AvgIpc) is 2.80. The highest BCUT2D eigenvalue weighted by atomic mass is 79.9. The van der Waals surface area contributed by atoms with Gasteiger partial charge >= 0.3 is 6.18 Å². The van der Waals surface area contributed by atoms with Crippen LogP contribution in [-0.2, 0) is 6.18 Å². The van der Waals surface area contributed by atoms with Crippen molar-refractivity contribution in [1.29, 1.82) is 0 Å². The Morgan fingerprint density at radius 1 is 1.37 bits per heavy atom. The zero-order valence-electron chi connectivity index (χ0n) is 9.16. The lowest BCUT2D eigenvalue weighted by Gasteiger charge is -2.12. The summed E-state index contributed by atoms with van der Waals surface area (Å²) in [5, 5.41) is 5.59. The number of nitrogens with one attached hydrogen (secondary N) is 1. The lowest BCUT2D eigenvalue weighted by atomic mass is 10.1. The lowest BCUT2D eigenvalue weighted by molar-refractivity contribution is -0.137. The third-order valence-corrected chi connectivity index (χ3v) is 2.72. The molecule has 0 aliphatic heterocycles. The lowest BCUT2D eigenvalue weighted by Crippen LogP contribution is -2.18. The van der Waals surface area contributed by atoms with Crippen LogP contribution in [0.3, 0.4) is 0 Å². The summed E-state index contributed by atoms with van der Waals surface area (Å²) in [5.41, 5.74) is -1.31. The Balaban J connectivity index is 2.36. The second kappa shape index (κ2) is 5.04. The van der Waals surface area contributed by atoms with E-state index in [9.17, 15) is 18.0 Å². The third-order valence-electron chi connectivity index (χ3n) is 2.22. The Morgan fingerprint density at radius 3 is 2.68 bits per heavy atom. The fraction of sp³-hybridized carbons (Fsp3) is 0.0909. The van der Waals surface area contributed by atoms with Crippen LogP contribution in [0.15, 0.2) is 39.7 Å². The molecule has 100 valence electrons. The third kappa shape index (κ3) is 3.14. The van der Waals surface area contributed by atoms with E-state index in [0.29, 0.717) is 0 Å². The van der Waals surface area contributed by atoms with Gasteiger partial charge in [0.15, 0.2) is 0 Å². The first kappa shape index (κ1) is 13.6. The monoisotopic (exact) mass is 334 g/mol. The molecule has 0 unspecified atom stereocenters. The molecule has 1 heterocycles. The fourth-order valence-corrected chi connectivity index (χ4v) is 1.78. The van der Waals surface area contributed by atoms with E-state index in [-0.39, 0.29) is 10.2 Å². The predicted octanol–water partition coefficient (Wildman–Crippen LogP) is 3.71. The molecule has 1 aromatic heterocycles. The molecule has 1 aromatic carbocycles. The molecule has 0 radical (unpaired) electrons. The molecule has 1 amide bonds. The maximum Gasteiger partial charge on any atom is 0.417 e. The van der Waals surface area contributed by atoms with Gasteiger partial charge in [-0.3, -0.25) is 4.79 Å². The van der Waals surface area contributed by atoms with E-state index < -0.39 is 23.2 Å². The van der Waals surface area contributed by atoms with E-state index in [4.69, 9.17) is 0 Å². The van der Waals surface area contributed by atoms with Gasteiger partial charge in [-0.15, -0.1) is 0 Å². The molecule has 2 rings (SSSR count). The molecule has 0 bridgehead atoms. The number of hydrogen-bond acceptors (Lipinski definition) is 3. The van der Waals surface area contributed by atoms with E-state index in [1.54, 1.807) is 0 Å². The summed E-state index contributed by atoms with van der Waals surface area (Å²) in [6.07, 6.45) is -2.32. The summed E-state index contributed by atoms with van der Waals surface area (Å²) >= 11 is 2.94.